The third-order valence-corrected chi connectivity index (χ3v) is 3.62. The minimum Gasteiger partial charge on any atom is -0.497 e. The summed E-state index contributed by atoms with van der Waals surface area (Å²) >= 11 is 0. The van der Waals surface area contributed by atoms with Gasteiger partial charge in [0.25, 0.3) is 0 Å². The van der Waals surface area contributed by atoms with Crippen molar-refractivity contribution in [1.29, 1.82) is 0 Å². The van der Waals surface area contributed by atoms with Gasteiger partial charge in [-0.15, -0.1) is 0 Å². The van der Waals surface area contributed by atoms with Gasteiger partial charge in [-0.1, -0.05) is 6.92 Å². The topological polar surface area (TPSA) is 38.5 Å². The van der Waals surface area contributed by atoms with E-state index in [-0.39, 0.29) is 0 Å². The normalized spacial score (nSPS) is 24.8. The second-order valence-electron chi connectivity index (χ2n) is 5.14. The maximum atomic E-state index is 5.91. The fourth-order valence-electron chi connectivity index (χ4n) is 2.68. The van der Waals surface area contributed by atoms with Crippen molar-refractivity contribution < 1.29 is 4.74 Å². The second kappa shape index (κ2) is 4.86. The van der Waals surface area contributed by atoms with Crippen LogP contribution in [-0.4, -0.2) is 19.7 Å². The van der Waals surface area contributed by atoms with E-state index < -0.39 is 0 Å². The maximum absolute atomic E-state index is 5.91. The molecular formula is C14H22N2O. The molecule has 3 nitrogen and oxygen atoms in total. The first-order valence-corrected chi connectivity index (χ1v) is 6.31. The Morgan fingerprint density at radius 1 is 1.29 bits per heavy atom. The van der Waals surface area contributed by atoms with E-state index in [0.717, 1.165) is 23.9 Å². The number of methoxy groups -OCH3 is 1. The van der Waals surface area contributed by atoms with Crippen LogP contribution in [0.4, 0.5) is 11.4 Å². The minimum atomic E-state index is 0.574. The first-order chi connectivity index (χ1) is 8.10. The molecule has 3 heteroatoms. The van der Waals surface area contributed by atoms with Crippen molar-refractivity contribution in [3.05, 3.63) is 18.2 Å². The van der Waals surface area contributed by atoms with Gasteiger partial charge >= 0.3 is 0 Å². The molecule has 2 N–H and O–H groups in total. The Morgan fingerprint density at radius 2 is 2.06 bits per heavy atom. The lowest BCUT2D eigenvalue weighted by atomic mass is 9.93. The molecule has 0 aliphatic carbocycles. The van der Waals surface area contributed by atoms with Crippen molar-refractivity contribution in [3.63, 3.8) is 0 Å². The summed E-state index contributed by atoms with van der Waals surface area (Å²) in [6, 6.07) is 6.55. The molecule has 0 bridgehead atoms. The first-order valence-electron chi connectivity index (χ1n) is 6.31. The van der Waals surface area contributed by atoms with Crippen LogP contribution in [0.5, 0.6) is 5.75 Å². The molecule has 0 radical (unpaired) electrons. The zero-order valence-corrected chi connectivity index (χ0v) is 10.9. The lowest BCUT2D eigenvalue weighted by Gasteiger charge is -2.38. The van der Waals surface area contributed by atoms with Gasteiger partial charge in [-0.2, -0.15) is 0 Å². The van der Waals surface area contributed by atoms with Crippen LogP contribution in [0, 0.1) is 5.92 Å². The SMILES string of the molecule is COc1cc(N)cc(N2CCC(C)CC2C)c1. The van der Waals surface area contributed by atoms with Crippen LogP contribution in [0.1, 0.15) is 26.7 Å². The third kappa shape index (κ3) is 2.65. The molecule has 0 amide bonds. The summed E-state index contributed by atoms with van der Waals surface area (Å²) < 4.78 is 5.28. The third-order valence-electron chi connectivity index (χ3n) is 3.62. The zero-order chi connectivity index (χ0) is 12.4. The number of nitrogens with zero attached hydrogens (tertiary/aromatic N) is 1. The van der Waals surface area contributed by atoms with E-state index in [1.807, 2.05) is 12.1 Å². The van der Waals surface area contributed by atoms with Crippen LogP contribution in [0.15, 0.2) is 18.2 Å². The number of nitrogen functional groups attached to an aromatic ring is 1. The lowest BCUT2D eigenvalue weighted by molar-refractivity contribution is 0.377. The largest absolute Gasteiger partial charge is 0.497 e. The highest BCUT2D eigenvalue weighted by Crippen LogP contribution is 2.31. The van der Waals surface area contributed by atoms with E-state index in [2.05, 4.69) is 24.8 Å². The number of piperidine rings is 1. The summed E-state index contributed by atoms with van der Waals surface area (Å²) in [4.78, 5) is 2.43. The van der Waals surface area contributed by atoms with Gasteiger partial charge in [0, 0.05) is 36.1 Å². The molecule has 94 valence electrons. The molecule has 1 saturated heterocycles. The molecule has 1 aromatic rings. The van der Waals surface area contributed by atoms with Crippen molar-refractivity contribution >= 4 is 11.4 Å². The quantitative estimate of drug-likeness (QED) is 0.800. The van der Waals surface area contributed by atoms with Crippen LogP contribution in [-0.2, 0) is 0 Å². The number of hydrogen-bond acceptors (Lipinski definition) is 3. The van der Waals surface area contributed by atoms with Gasteiger partial charge in [0.15, 0.2) is 0 Å². The van der Waals surface area contributed by atoms with Crippen molar-refractivity contribution in [1.82, 2.24) is 0 Å². The number of nitrogens with two attached hydrogens (primary N) is 1. The highest BCUT2D eigenvalue weighted by molar-refractivity contribution is 5.61. The molecule has 1 heterocycles. The van der Waals surface area contributed by atoms with Crippen LogP contribution in [0.25, 0.3) is 0 Å². The fourth-order valence-corrected chi connectivity index (χ4v) is 2.68. The van der Waals surface area contributed by atoms with E-state index in [1.165, 1.54) is 18.5 Å². The Bertz CT molecular complexity index is 392. The number of ether oxygens (including phenoxy) is 1. The maximum Gasteiger partial charge on any atom is 0.122 e. The average molecular weight is 234 g/mol. The van der Waals surface area contributed by atoms with Gasteiger partial charge in [0.2, 0.25) is 0 Å². The van der Waals surface area contributed by atoms with Gasteiger partial charge in [0.05, 0.1) is 7.11 Å². The first kappa shape index (κ1) is 12.1. The van der Waals surface area contributed by atoms with Gasteiger partial charge < -0.3 is 15.4 Å². The average Bonchev–Trinajstić information content (AvgIpc) is 2.28. The molecule has 0 spiro atoms. The lowest BCUT2D eigenvalue weighted by Crippen LogP contribution is -2.40. The number of benzene rings is 1. The van der Waals surface area contributed by atoms with Crippen LogP contribution in [0.3, 0.4) is 0 Å². The molecule has 0 saturated carbocycles. The molecule has 17 heavy (non-hydrogen) atoms. The van der Waals surface area contributed by atoms with E-state index in [4.69, 9.17) is 10.5 Å². The van der Waals surface area contributed by atoms with E-state index in [1.54, 1.807) is 7.11 Å². The molecule has 2 rings (SSSR count). The Hall–Kier alpha value is -1.38. The number of anilines is 2. The summed E-state index contributed by atoms with van der Waals surface area (Å²) in [5.74, 6) is 1.66. The van der Waals surface area contributed by atoms with Crippen LogP contribution < -0.4 is 15.4 Å². The van der Waals surface area contributed by atoms with E-state index in [9.17, 15) is 0 Å². The summed E-state index contributed by atoms with van der Waals surface area (Å²) in [7, 11) is 1.68. The summed E-state index contributed by atoms with van der Waals surface area (Å²) in [6.07, 6.45) is 2.50. The molecule has 1 aliphatic heterocycles. The summed E-state index contributed by atoms with van der Waals surface area (Å²) in [5, 5.41) is 0. The monoisotopic (exact) mass is 234 g/mol. The molecule has 1 aliphatic rings. The smallest absolute Gasteiger partial charge is 0.122 e. The standard InChI is InChI=1S/C14H22N2O/c1-10-4-5-16(11(2)6-10)13-7-12(15)8-14(9-13)17-3/h7-11H,4-6,15H2,1-3H3. The van der Waals surface area contributed by atoms with Crippen molar-refractivity contribution in [2.75, 3.05) is 24.3 Å². The van der Waals surface area contributed by atoms with Gasteiger partial charge in [-0.3, -0.25) is 0 Å². The highest BCUT2D eigenvalue weighted by Gasteiger charge is 2.23. The Kier molecular flexibility index (Phi) is 3.46. The Balaban J connectivity index is 2.24. The highest BCUT2D eigenvalue weighted by atomic mass is 16.5. The van der Waals surface area contributed by atoms with Gasteiger partial charge in [0.1, 0.15) is 5.75 Å². The van der Waals surface area contributed by atoms with E-state index >= 15 is 0 Å². The molecule has 2 unspecified atom stereocenters. The number of rotatable bonds is 2. The zero-order valence-electron chi connectivity index (χ0n) is 10.9. The fraction of sp³-hybridized carbons (Fsp3) is 0.571. The molecule has 1 aromatic carbocycles. The predicted octanol–water partition coefficient (Wildman–Crippen LogP) is 2.90. The van der Waals surface area contributed by atoms with Gasteiger partial charge in [-0.25, -0.2) is 0 Å². The number of hydrogen-bond donors (Lipinski definition) is 1. The molecule has 2 atom stereocenters. The minimum absolute atomic E-state index is 0.574. The van der Waals surface area contributed by atoms with Gasteiger partial charge in [-0.05, 0) is 31.7 Å². The predicted molar refractivity (Wildman–Crippen MR) is 72.6 cm³/mol. The molecular weight excluding hydrogens is 212 g/mol. The second-order valence-corrected chi connectivity index (χ2v) is 5.14. The molecule has 1 fully saturated rings. The van der Waals surface area contributed by atoms with E-state index in [0.29, 0.717) is 6.04 Å². The Labute approximate surface area is 104 Å². The summed E-state index contributed by atoms with van der Waals surface area (Å²) in [5.41, 5.74) is 7.86. The van der Waals surface area contributed by atoms with Crippen molar-refractivity contribution in [2.24, 2.45) is 5.92 Å². The van der Waals surface area contributed by atoms with Crippen LogP contribution >= 0.6 is 0 Å². The van der Waals surface area contributed by atoms with Crippen molar-refractivity contribution in [2.45, 2.75) is 32.7 Å². The van der Waals surface area contributed by atoms with Crippen LogP contribution in [0.2, 0.25) is 0 Å². The van der Waals surface area contributed by atoms with Crippen molar-refractivity contribution in [3.8, 4) is 5.75 Å². The summed E-state index contributed by atoms with van der Waals surface area (Å²) in [6.45, 7) is 5.72. The molecule has 0 aromatic heterocycles. The Morgan fingerprint density at radius 3 is 2.71 bits per heavy atom.